The van der Waals surface area contributed by atoms with Gasteiger partial charge < -0.3 is 15.2 Å². The number of carbonyl (C=O) groups is 1. The summed E-state index contributed by atoms with van der Waals surface area (Å²) >= 11 is 0. The molecule has 4 heteroatoms. The number of aliphatic hydroxyl groups excluding tert-OH is 1. The number of ether oxygens (including phenoxy) is 1. The second-order valence-corrected chi connectivity index (χ2v) is 14.8. The maximum atomic E-state index is 12.3. The van der Waals surface area contributed by atoms with Crippen molar-refractivity contribution in [3.63, 3.8) is 0 Å². The quantitative estimate of drug-likeness (QED) is 0.136. The summed E-state index contributed by atoms with van der Waals surface area (Å²) in [5.41, 5.74) is 6.29. The third-order valence-corrected chi connectivity index (χ3v) is 11.7. The Balaban J connectivity index is 1.12. The average Bonchev–Trinajstić information content (AvgIpc) is 3.42. The molecule has 0 spiro atoms. The van der Waals surface area contributed by atoms with Gasteiger partial charge in [-0.1, -0.05) is 119 Å². The third-order valence-electron chi connectivity index (χ3n) is 11.7. The SMILES string of the molecule is CCCCCCCCNC(=O)C=Cc1ccc(C=C[C@@H]2Cc3cc(OCc4ccccc4)ccc3C3CC[C@@]4(C)C(CC[C@@H]4O)C32)cc1. The normalized spacial score (nSPS) is 26.3. The number of hydrogen-bond donors (Lipinski definition) is 2. The molecule has 3 aromatic carbocycles. The summed E-state index contributed by atoms with van der Waals surface area (Å²) in [7, 11) is 0. The molecule has 2 N–H and O–H groups in total. The largest absolute Gasteiger partial charge is 0.489 e. The minimum atomic E-state index is -0.193. The Hall–Kier alpha value is -3.63. The van der Waals surface area contributed by atoms with Crippen LogP contribution in [-0.4, -0.2) is 23.7 Å². The number of nitrogens with one attached hydrogen (secondary N) is 1. The van der Waals surface area contributed by atoms with E-state index in [0.717, 1.165) is 56.4 Å². The lowest BCUT2D eigenvalue weighted by molar-refractivity contribution is -0.116. The van der Waals surface area contributed by atoms with Crippen LogP contribution in [0.5, 0.6) is 5.75 Å². The van der Waals surface area contributed by atoms with Gasteiger partial charge in [0.2, 0.25) is 5.91 Å². The van der Waals surface area contributed by atoms with E-state index in [0.29, 0.717) is 30.3 Å². The maximum Gasteiger partial charge on any atom is 0.243 e. The fourth-order valence-corrected chi connectivity index (χ4v) is 8.97. The lowest BCUT2D eigenvalue weighted by atomic mass is 9.52. The van der Waals surface area contributed by atoms with E-state index in [-0.39, 0.29) is 17.4 Å². The van der Waals surface area contributed by atoms with Crippen LogP contribution >= 0.6 is 0 Å². The first-order valence-electron chi connectivity index (χ1n) is 18.7. The first-order chi connectivity index (χ1) is 23.4. The zero-order chi connectivity index (χ0) is 33.3. The number of aliphatic hydroxyl groups is 1. The Morgan fingerprint density at radius 1 is 0.917 bits per heavy atom. The number of benzene rings is 3. The van der Waals surface area contributed by atoms with Crippen LogP contribution < -0.4 is 10.1 Å². The van der Waals surface area contributed by atoms with Crippen LogP contribution in [0.15, 0.2) is 84.9 Å². The molecule has 0 aromatic heterocycles. The van der Waals surface area contributed by atoms with Crippen LogP contribution in [-0.2, 0) is 17.8 Å². The fourth-order valence-electron chi connectivity index (χ4n) is 8.97. The first kappa shape index (κ1) is 34.2. The minimum Gasteiger partial charge on any atom is -0.489 e. The molecule has 3 aliphatic rings. The molecule has 6 rings (SSSR count). The molecule has 254 valence electrons. The van der Waals surface area contributed by atoms with Crippen LogP contribution in [0, 0.1) is 23.2 Å². The first-order valence-corrected chi connectivity index (χ1v) is 18.7. The van der Waals surface area contributed by atoms with Crippen molar-refractivity contribution in [2.24, 2.45) is 23.2 Å². The molecule has 2 saturated carbocycles. The van der Waals surface area contributed by atoms with Gasteiger partial charge in [-0.2, -0.15) is 0 Å². The molecular weight excluding hydrogens is 590 g/mol. The van der Waals surface area contributed by atoms with Gasteiger partial charge in [-0.3, -0.25) is 4.79 Å². The maximum absolute atomic E-state index is 12.3. The summed E-state index contributed by atoms with van der Waals surface area (Å²) in [6.07, 6.45) is 20.7. The fraction of sp³-hybridized carbons (Fsp3) is 0.477. The molecule has 2 fully saturated rings. The van der Waals surface area contributed by atoms with Crippen LogP contribution in [0.4, 0.5) is 0 Å². The summed E-state index contributed by atoms with van der Waals surface area (Å²) in [4.78, 5) is 12.3. The van der Waals surface area contributed by atoms with Gasteiger partial charge in [0.05, 0.1) is 6.10 Å². The van der Waals surface area contributed by atoms with Crippen molar-refractivity contribution in [1.29, 1.82) is 0 Å². The average molecular weight is 646 g/mol. The Morgan fingerprint density at radius 3 is 2.46 bits per heavy atom. The van der Waals surface area contributed by atoms with Crippen LogP contribution in [0.2, 0.25) is 0 Å². The summed E-state index contributed by atoms with van der Waals surface area (Å²) in [5, 5.41) is 14.1. The van der Waals surface area contributed by atoms with Crippen molar-refractivity contribution in [2.75, 3.05) is 6.54 Å². The summed E-state index contributed by atoms with van der Waals surface area (Å²) in [6.45, 7) is 5.90. The molecule has 3 aromatic rings. The Kier molecular flexibility index (Phi) is 11.5. The van der Waals surface area contributed by atoms with Gasteiger partial charge in [-0.15, -0.1) is 0 Å². The van der Waals surface area contributed by atoms with Crippen molar-refractivity contribution in [3.05, 3.63) is 113 Å². The van der Waals surface area contributed by atoms with Crippen molar-refractivity contribution < 1.29 is 14.6 Å². The monoisotopic (exact) mass is 645 g/mol. The second kappa shape index (κ2) is 16.2. The van der Waals surface area contributed by atoms with Crippen molar-refractivity contribution in [3.8, 4) is 5.75 Å². The van der Waals surface area contributed by atoms with E-state index in [1.54, 1.807) is 6.08 Å². The van der Waals surface area contributed by atoms with Crippen molar-refractivity contribution >= 4 is 18.1 Å². The molecule has 0 radical (unpaired) electrons. The van der Waals surface area contributed by atoms with E-state index < -0.39 is 0 Å². The molecule has 3 aliphatic carbocycles. The lowest BCUT2D eigenvalue weighted by Gasteiger charge is -2.52. The highest BCUT2D eigenvalue weighted by Gasteiger charge is 2.56. The van der Waals surface area contributed by atoms with E-state index >= 15 is 0 Å². The molecule has 6 atom stereocenters. The van der Waals surface area contributed by atoms with Gasteiger partial charge in [-0.05, 0) is 114 Å². The van der Waals surface area contributed by atoms with E-state index in [4.69, 9.17) is 4.74 Å². The Morgan fingerprint density at radius 2 is 1.67 bits per heavy atom. The highest BCUT2D eigenvalue weighted by Crippen LogP contribution is 2.62. The lowest BCUT2D eigenvalue weighted by Crippen LogP contribution is -2.46. The van der Waals surface area contributed by atoms with Crippen LogP contribution in [0.25, 0.3) is 12.2 Å². The number of amides is 1. The zero-order valence-corrected chi connectivity index (χ0v) is 29.1. The predicted molar refractivity (Wildman–Crippen MR) is 198 cm³/mol. The molecule has 3 unspecified atom stereocenters. The highest BCUT2D eigenvalue weighted by molar-refractivity contribution is 5.91. The number of rotatable bonds is 14. The molecule has 0 bridgehead atoms. The summed E-state index contributed by atoms with van der Waals surface area (Å²) < 4.78 is 6.26. The topological polar surface area (TPSA) is 58.6 Å². The molecule has 0 aliphatic heterocycles. The number of carbonyl (C=O) groups excluding carboxylic acids is 1. The van der Waals surface area contributed by atoms with Crippen molar-refractivity contribution in [1.82, 2.24) is 5.32 Å². The highest BCUT2D eigenvalue weighted by atomic mass is 16.5. The van der Waals surface area contributed by atoms with Crippen LogP contribution in [0.1, 0.15) is 112 Å². The third kappa shape index (κ3) is 8.14. The predicted octanol–water partition coefficient (Wildman–Crippen LogP) is 9.91. The number of unbranched alkanes of at least 4 members (excludes halogenated alkanes) is 5. The second-order valence-electron chi connectivity index (χ2n) is 14.8. The van der Waals surface area contributed by atoms with Gasteiger partial charge in [0.1, 0.15) is 12.4 Å². The standard InChI is InChI=1S/C44H55NO3/c1-3-4-5-6-7-11-28-45-42(47)25-19-33-16-14-32(15-17-33)18-20-35-29-36-30-37(48-31-34-12-9-8-10-13-34)21-22-38(36)39-26-27-44(2)40(43(35)39)23-24-41(44)46/h8-10,12-22,25,30,35,39-41,43,46H,3-7,11,23-24,26-29,31H2,1-2H3,(H,45,47)/t35-,39?,40?,41+,43?,44+/m1/s1. The molecule has 0 saturated heterocycles. The molecule has 0 heterocycles. The van der Waals surface area contributed by atoms with Crippen LogP contribution in [0.3, 0.4) is 0 Å². The Labute approximate surface area is 288 Å². The molecule has 48 heavy (non-hydrogen) atoms. The van der Waals surface area contributed by atoms with E-state index in [9.17, 15) is 9.90 Å². The van der Waals surface area contributed by atoms with E-state index in [1.165, 1.54) is 54.4 Å². The molecular formula is C44H55NO3. The van der Waals surface area contributed by atoms with Gasteiger partial charge in [0, 0.05) is 12.6 Å². The van der Waals surface area contributed by atoms with Gasteiger partial charge in [-0.25, -0.2) is 0 Å². The van der Waals surface area contributed by atoms with E-state index in [2.05, 4.69) is 98.0 Å². The number of hydrogen-bond acceptors (Lipinski definition) is 3. The molecule has 1 amide bonds. The smallest absolute Gasteiger partial charge is 0.243 e. The van der Waals surface area contributed by atoms with E-state index in [1.807, 2.05) is 12.1 Å². The minimum absolute atomic E-state index is 0.0123. The van der Waals surface area contributed by atoms with Gasteiger partial charge >= 0.3 is 0 Å². The van der Waals surface area contributed by atoms with Crippen molar-refractivity contribution in [2.45, 2.75) is 103 Å². The van der Waals surface area contributed by atoms with Gasteiger partial charge in [0.25, 0.3) is 0 Å². The number of allylic oxidation sites excluding steroid dienone is 1. The van der Waals surface area contributed by atoms with Gasteiger partial charge in [0.15, 0.2) is 0 Å². The Bertz CT molecular complexity index is 1540. The summed E-state index contributed by atoms with van der Waals surface area (Å²) in [6, 6.07) is 25.7. The number of fused-ring (bicyclic) bond motifs is 5. The molecule has 4 nitrogen and oxygen atoms in total. The summed E-state index contributed by atoms with van der Waals surface area (Å²) in [5.74, 6) is 2.88. The zero-order valence-electron chi connectivity index (χ0n) is 29.1.